The van der Waals surface area contributed by atoms with E-state index in [9.17, 15) is 0 Å². The molecule has 0 atom stereocenters. The highest BCUT2D eigenvalue weighted by molar-refractivity contribution is 5.93. The summed E-state index contributed by atoms with van der Waals surface area (Å²) in [6.45, 7) is 0. The number of hydrogen-bond acceptors (Lipinski definition) is 1. The van der Waals surface area contributed by atoms with Crippen molar-refractivity contribution in [3.63, 3.8) is 0 Å². The average molecular weight is 203 g/mol. The molecule has 0 amide bonds. The van der Waals surface area contributed by atoms with Gasteiger partial charge in [0.05, 0.1) is 21.1 Å². The average Bonchev–Trinajstić information content (AvgIpc) is 2.15. The van der Waals surface area contributed by atoms with Crippen molar-refractivity contribution in [1.29, 1.82) is 0 Å². The van der Waals surface area contributed by atoms with Gasteiger partial charge < -0.3 is 5.48 Å². The Labute approximate surface area is 90.7 Å². The van der Waals surface area contributed by atoms with Gasteiger partial charge in [0.2, 0.25) is 0 Å². The fourth-order valence-electron chi connectivity index (χ4n) is 1.79. The molecule has 2 aromatic rings. The highest BCUT2D eigenvalue weighted by Crippen LogP contribution is 2.27. The first kappa shape index (κ1) is 11.7. The summed E-state index contributed by atoms with van der Waals surface area (Å²) < 4.78 is 0.862. The van der Waals surface area contributed by atoms with Crippen LogP contribution < -0.4 is 4.48 Å². The minimum atomic E-state index is 0. The first-order valence-electron chi connectivity index (χ1n) is 4.89. The molecule has 1 N–H and O–H groups in total. The maximum Gasteiger partial charge on any atom is 0.140 e. The number of rotatable bonds is 1. The first-order chi connectivity index (χ1) is 6.59. The van der Waals surface area contributed by atoms with Gasteiger partial charge >= 0.3 is 0 Å². The largest absolute Gasteiger partial charge is 0.870 e. The van der Waals surface area contributed by atoms with Crippen molar-refractivity contribution in [3.05, 3.63) is 42.5 Å². The van der Waals surface area contributed by atoms with Gasteiger partial charge in [0.1, 0.15) is 5.69 Å². The zero-order valence-electron chi connectivity index (χ0n) is 9.44. The Hall–Kier alpha value is -1.38. The fraction of sp³-hybridized carbons (Fsp3) is 0.231. The van der Waals surface area contributed by atoms with Gasteiger partial charge in [0.15, 0.2) is 0 Å². The van der Waals surface area contributed by atoms with Gasteiger partial charge in [0.25, 0.3) is 0 Å². The molecule has 2 heteroatoms. The Morgan fingerprint density at radius 2 is 1.40 bits per heavy atom. The van der Waals surface area contributed by atoms with Crippen molar-refractivity contribution in [1.82, 2.24) is 4.48 Å². The van der Waals surface area contributed by atoms with Crippen LogP contribution in [-0.2, 0) is 0 Å². The van der Waals surface area contributed by atoms with Crippen molar-refractivity contribution in [2.75, 3.05) is 21.1 Å². The summed E-state index contributed by atoms with van der Waals surface area (Å²) in [7, 11) is 6.59. The quantitative estimate of drug-likeness (QED) is 0.655. The fourth-order valence-corrected chi connectivity index (χ4v) is 1.79. The summed E-state index contributed by atoms with van der Waals surface area (Å²) in [5.74, 6) is 0. The van der Waals surface area contributed by atoms with Crippen LogP contribution in [0.4, 0.5) is 5.69 Å². The zero-order chi connectivity index (χ0) is 10.2. The summed E-state index contributed by atoms with van der Waals surface area (Å²) >= 11 is 0. The molecule has 0 radical (unpaired) electrons. The molecular weight excluding hydrogens is 186 g/mol. The molecule has 0 unspecified atom stereocenters. The molecule has 0 saturated carbocycles. The standard InChI is InChI=1S/C13H16N.H2O/c1-14(2,3)13-10-6-8-11-7-4-5-9-12(11)13;/h4-10H,1-3H3;1H2/q+1;/p-1. The summed E-state index contributed by atoms with van der Waals surface area (Å²) in [6.07, 6.45) is 0. The molecule has 2 nitrogen and oxygen atoms in total. The van der Waals surface area contributed by atoms with E-state index in [1.165, 1.54) is 16.5 Å². The zero-order valence-corrected chi connectivity index (χ0v) is 9.44. The van der Waals surface area contributed by atoms with E-state index in [1.807, 2.05) is 0 Å². The molecule has 15 heavy (non-hydrogen) atoms. The van der Waals surface area contributed by atoms with E-state index in [1.54, 1.807) is 0 Å². The number of benzene rings is 2. The number of hydrogen-bond donors (Lipinski definition) is 0. The van der Waals surface area contributed by atoms with E-state index in [0.29, 0.717) is 0 Å². The SMILES string of the molecule is C[N+](C)(C)c1cccc2ccccc12.[OH-]. The van der Waals surface area contributed by atoms with Gasteiger partial charge in [-0.05, 0) is 17.5 Å². The van der Waals surface area contributed by atoms with Crippen molar-refractivity contribution >= 4 is 16.5 Å². The van der Waals surface area contributed by atoms with Crippen LogP contribution in [0, 0.1) is 0 Å². The second kappa shape index (κ2) is 4.01. The Bertz CT molecular complexity index is 452. The van der Waals surface area contributed by atoms with Crippen molar-refractivity contribution in [2.24, 2.45) is 0 Å². The lowest BCUT2D eigenvalue weighted by Crippen LogP contribution is -2.34. The Balaban J connectivity index is 0.00000112. The predicted octanol–water partition coefficient (Wildman–Crippen LogP) is 2.86. The molecule has 2 rings (SSSR count). The lowest BCUT2D eigenvalue weighted by Gasteiger charge is -2.24. The molecule has 0 heterocycles. The second-order valence-corrected chi connectivity index (χ2v) is 4.51. The van der Waals surface area contributed by atoms with E-state index >= 15 is 0 Å². The minimum absolute atomic E-state index is 0. The molecule has 0 aromatic heterocycles. The lowest BCUT2D eigenvalue weighted by atomic mass is 10.1. The van der Waals surface area contributed by atoms with Crippen LogP contribution in [0.1, 0.15) is 0 Å². The maximum absolute atomic E-state index is 2.20. The van der Waals surface area contributed by atoms with Gasteiger partial charge in [-0.1, -0.05) is 30.3 Å². The Morgan fingerprint density at radius 1 is 0.800 bits per heavy atom. The molecule has 0 aliphatic carbocycles. The van der Waals surface area contributed by atoms with Crippen molar-refractivity contribution < 1.29 is 5.48 Å². The maximum atomic E-state index is 2.20. The van der Waals surface area contributed by atoms with Crippen LogP contribution in [0.5, 0.6) is 0 Å². The van der Waals surface area contributed by atoms with Gasteiger partial charge in [-0.15, -0.1) is 0 Å². The summed E-state index contributed by atoms with van der Waals surface area (Å²) in [5, 5.41) is 2.67. The molecule has 0 fully saturated rings. The highest BCUT2D eigenvalue weighted by atomic mass is 16.0. The Kier molecular flexibility index (Phi) is 3.12. The van der Waals surface area contributed by atoms with Crippen molar-refractivity contribution in [2.45, 2.75) is 0 Å². The number of nitrogens with zero attached hydrogens (tertiary/aromatic N) is 1. The summed E-state index contributed by atoms with van der Waals surface area (Å²) in [5.41, 5.74) is 1.36. The van der Waals surface area contributed by atoms with Gasteiger partial charge in [-0.2, -0.15) is 0 Å². The van der Waals surface area contributed by atoms with E-state index in [4.69, 9.17) is 0 Å². The normalized spacial score (nSPS) is 11.1. The third kappa shape index (κ3) is 2.17. The molecule has 80 valence electrons. The molecule has 0 aliphatic rings. The number of quaternary nitrogens is 1. The highest BCUT2D eigenvalue weighted by Gasteiger charge is 2.14. The second-order valence-electron chi connectivity index (χ2n) is 4.51. The van der Waals surface area contributed by atoms with E-state index in [-0.39, 0.29) is 5.48 Å². The van der Waals surface area contributed by atoms with E-state index in [0.717, 1.165) is 4.48 Å². The summed E-state index contributed by atoms with van der Waals surface area (Å²) in [6, 6.07) is 15.0. The van der Waals surface area contributed by atoms with E-state index in [2.05, 4.69) is 63.6 Å². The molecular formula is C13H17NO. The van der Waals surface area contributed by atoms with Crippen molar-refractivity contribution in [3.8, 4) is 0 Å². The molecule has 2 aromatic carbocycles. The van der Waals surface area contributed by atoms with Crippen LogP contribution in [-0.4, -0.2) is 26.6 Å². The molecule has 0 aliphatic heterocycles. The monoisotopic (exact) mass is 203 g/mol. The molecule has 0 bridgehead atoms. The van der Waals surface area contributed by atoms with Crippen LogP contribution in [0.2, 0.25) is 0 Å². The number of fused-ring (bicyclic) bond motifs is 1. The van der Waals surface area contributed by atoms with Gasteiger partial charge in [0, 0.05) is 5.39 Å². The van der Waals surface area contributed by atoms with Gasteiger partial charge in [-0.3, -0.25) is 4.48 Å². The minimum Gasteiger partial charge on any atom is -0.870 e. The van der Waals surface area contributed by atoms with Crippen LogP contribution in [0.15, 0.2) is 42.5 Å². The van der Waals surface area contributed by atoms with Crippen LogP contribution in [0.3, 0.4) is 0 Å². The smallest absolute Gasteiger partial charge is 0.140 e. The third-order valence-electron chi connectivity index (χ3n) is 2.49. The molecule has 0 saturated heterocycles. The molecule has 0 spiro atoms. The van der Waals surface area contributed by atoms with Crippen LogP contribution in [0.25, 0.3) is 10.8 Å². The van der Waals surface area contributed by atoms with E-state index < -0.39 is 0 Å². The van der Waals surface area contributed by atoms with Gasteiger partial charge in [-0.25, -0.2) is 0 Å². The first-order valence-corrected chi connectivity index (χ1v) is 4.89. The van der Waals surface area contributed by atoms with Crippen LogP contribution >= 0.6 is 0 Å². The third-order valence-corrected chi connectivity index (χ3v) is 2.49. The summed E-state index contributed by atoms with van der Waals surface area (Å²) in [4.78, 5) is 0. The lowest BCUT2D eigenvalue weighted by molar-refractivity contribution is 0.490. The predicted molar refractivity (Wildman–Crippen MR) is 65.4 cm³/mol. The Morgan fingerprint density at radius 3 is 2.07 bits per heavy atom. The topological polar surface area (TPSA) is 30.0 Å².